The standard InChI is InChI=1S/C12H21N3/c1-3-13-8-6-10-15(2)11-12-7-4-5-9-14-12/h4-5,7,9,13H,3,6,8,10-11H2,1-2H3. The van der Waals surface area contributed by atoms with Crippen LogP contribution >= 0.6 is 0 Å². The quantitative estimate of drug-likeness (QED) is 0.687. The first kappa shape index (κ1) is 12.1. The van der Waals surface area contributed by atoms with Crippen LogP contribution in [0, 0.1) is 0 Å². The molecule has 0 aliphatic rings. The maximum absolute atomic E-state index is 4.31. The van der Waals surface area contributed by atoms with Crippen LogP contribution in [0.2, 0.25) is 0 Å². The molecule has 0 saturated heterocycles. The fourth-order valence-electron chi connectivity index (χ4n) is 1.50. The van der Waals surface area contributed by atoms with Crippen molar-refractivity contribution in [2.45, 2.75) is 19.9 Å². The lowest BCUT2D eigenvalue weighted by Crippen LogP contribution is -2.24. The van der Waals surface area contributed by atoms with Crippen LogP contribution in [-0.2, 0) is 6.54 Å². The lowest BCUT2D eigenvalue weighted by Gasteiger charge is -2.15. The van der Waals surface area contributed by atoms with Crippen molar-refractivity contribution >= 4 is 0 Å². The molecule has 0 atom stereocenters. The maximum atomic E-state index is 4.31. The molecule has 0 aliphatic heterocycles. The normalized spacial score (nSPS) is 10.9. The van der Waals surface area contributed by atoms with Gasteiger partial charge in [-0.3, -0.25) is 4.98 Å². The van der Waals surface area contributed by atoms with Gasteiger partial charge in [-0.2, -0.15) is 0 Å². The molecule has 0 fully saturated rings. The Morgan fingerprint density at radius 3 is 2.93 bits per heavy atom. The van der Waals surface area contributed by atoms with Gasteiger partial charge in [-0.15, -0.1) is 0 Å². The number of rotatable bonds is 7. The number of nitrogens with zero attached hydrogens (tertiary/aromatic N) is 2. The highest BCUT2D eigenvalue weighted by Gasteiger charge is 1.99. The van der Waals surface area contributed by atoms with Crippen LogP contribution in [0.3, 0.4) is 0 Å². The number of aromatic nitrogens is 1. The second-order valence-electron chi connectivity index (χ2n) is 3.77. The molecule has 0 unspecified atom stereocenters. The molecule has 1 aromatic rings. The summed E-state index contributed by atoms with van der Waals surface area (Å²) >= 11 is 0. The lowest BCUT2D eigenvalue weighted by atomic mass is 10.3. The molecule has 0 bridgehead atoms. The third kappa shape index (κ3) is 5.50. The van der Waals surface area contributed by atoms with Gasteiger partial charge in [-0.05, 0) is 45.2 Å². The molecule has 3 heteroatoms. The van der Waals surface area contributed by atoms with Gasteiger partial charge < -0.3 is 10.2 Å². The molecule has 1 aromatic heterocycles. The van der Waals surface area contributed by atoms with E-state index in [0.717, 1.165) is 31.9 Å². The monoisotopic (exact) mass is 207 g/mol. The molecule has 15 heavy (non-hydrogen) atoms. The Morgan fingerprint density at radius 1 is 1.40 bits per heavy atom. The molecule has 1 rings (SSSR count). The van der Waals surface area contributed by atoms with Gasteiger partial charge in [0.1, 0.15) is 0 Å². The zero-order valence-corrected chi connectivity index (χ0v) is 9.74. The SMILES string of the molecule is CCNCCCN(C)Cc1ccccn1. The maximum Gasteiger partial charge on any atom is 0.0543 e. The van der Waals surface area contributed by atoms with E-state index in [4.69, 9.17) is 0 Å². The summed E-state index contributed by atoms with van der Waals surface area (Å²) in [7, 11) is 2.14. The van der Waals surface area contributed by atoms with E-state index in [9.17, 15) is 0 Å². The molecule has 0 saturated carbocycles. The van der Waals surface area contributed by atoms with Crippen molar-refractivity contribution in [3.05, 3.63) is 30.1 Å². The minimum absolute atomic E-state index is 0.937. The van der Waals surface area contributed by atoms with Crippen molar-refractivity contribution < 1.29 is 0 Å². The first-order chi connectivity index (χ1) is 7.33. The molecule has 0 radical (unpaired) electrons. The third-order valence-corrected chi connectivity index (χ3v) is 2.30. The van der Waals surface area contributed by atoms with Crippen LogP contribution in [0.5, 0.6) is 0 Å². The van der Waals surface area contributed by atoms with Crippen molar-refractivity contribution in [2.75, 3.05) is 26.7 Å². The minimum atomic E-state index is 0.937. The first-order valence-electron chi connectivity index (χ1n) is 5.62. The smallest absolute Gasteiger partial charge is 0.0543 e. The Balaban J connectivity index is 2.16. The Bertz CT molecular complexity index is 248. The Labute approximate surface area is 92.5 Å². The molecule has 0 aliphatic carbocycles. The van der Waals surface area contributed by atoms with Crippen LogP contribution in [-0.4, -0.2) is 36.6 Å². The summed E-state index contributed by atoms with van der Waals surface area (Å²) in [5.74, 6) is 0. The van der Waals surface area contributed by atoms with Gasteiger partial charge in [-0.25, -0.2) is 0 Å². The number of hydrogen-bond donors (Lipinski definition) is 1. The highest BCUT2D eigenvalue weighted by Crippen LogP contribution is 1.98. The fraction of sp³-hybridized carbons (Fsp3) is 0.583. The van der Waals surface area contributed by atoms with E-state index < -0.39 is 0 Å². The second-order valence-corrected chi connectivity index (χ2v) is 3.77. The molecular formula is C12H21N3. The summed E-state index contributed by atoms with van der Waals surface area (Å²) in [6, 6.07) is 6.06. The van der Waals surface area contributed by atoms with E-state index in [1.807, 2.05) is 18.3 Å². The van der Waals surface area contributed by atoms with Crippen LogP contribution in [0.25, 0.3) is 0 Å². The predicted molar refractivity (Wildman–Crippen MR) is 63.7 cm³/mol. The number of hydrogen-bond acceptors (Lipinski definition) is 3. The zero-order chi connectivity index (χ0) is 10.9. The van der Waals surface area contributed by atoms with Crippen molar-refractivity contribution in [3.8, 4) is 0 Å². The summed E-state index contributed by atoms with van der Waals surface area (Å²) < 4.78 is 0. The molecule has 1 N–H and O–H groups in total. The summed E-state index contributed by atoms with van der Waals surface area (Å²) in [6.07, 6.45) is 3.04. The molecule has 0 aromatic carbocycles. The zero-order valence-electron chi connectivity index (χ0n) is 9.74. The van der Waals surface area contributed by atoms with Gasteiger partial charge in [0.25, 0.3) is 0 Å². The third-order valence-electron chi connectivity index (χ3n) is 2.30. The van der Waals surface area contributed by atoms with Gasteiger partial charge in [0, 0.05) is 12.7 Å². The molecular weight excluding hydrogens is 186 g/mol. The second kappa shape index (κ2) is 7.37. The molecule has 1 heterocycles. The van der Waals surface area contributed by atoms with Crippen molar-refractivity contribution in [3.63, 3.8) is 0 Å². The summed E-state index contributed by atoms with van der Waals surface area (Å²) in [5.41, 5.74) is 1.14. The molecule has 0 spiro atoms. The summed E-state index contributed by atoms with van der Waals surface area (Å²) in [5, 5.41) is 3.33. The van der Waals surface area contributed by atoms with Crippen LogP contribution in [0.15, 0.2) is 24.4 Å². The van der Waals surface area contributed by atoms with Crippen LogP contribution in [0.1, 0.15) is 19.0 Å². The number of pyridine rings is 1. The van der Waals surface area contributed by atoms with Crippen molar-refractivity contribution in [1.29, 1.82) is 0 Å². The van der Waals surface area contributed by atoms with E-state index in [1.165, 1.54) is 6.42 Å². The van der Waals surface area contributed by atoms with Crippen molar-refractivity contribution in [1.82, 2.24) is 15.2 Å². The molecule has 0 amide bonds. The van der Waals surface area contributed by atoms with Gasteiger partial charge in [-0.1, -0.05) is 13.0 Å². The average Bonchev–Trinajstić information content (AvgIpc) is 2.26. The first-order valence-corrected chi connectivity index (χ1v) is 5.62. The average molecular weight is 207 g/mol. The van der Waals surface area contributed by atoms with E-state index in [-0.39, 0.29) is 0 Å². The van der Waals surface area contributed by atoms with E-state index in [0.29, 0.717) is 0 Å². The van der Waals surface area contributed by atoms with E-state index in [1.54, 1.807) is 0 Å². The van der Waals surface area contributed by atoms with Gasteiger partial charge in [0.2, 0.25) is 0 Å². The minimum Gasteiger partial charge on any atom is -0.317 e. The summed E-state index contributed by atoms with van der Waals surface area (Å²) in [6.45, 7) is 6.35. The Morgan fingerprint density at radius 2 is 2.27 bits per heavy atom. The number of nitrogens with one attached hydrogen (secondary N) is 1. The lowest BCUT2D eigenvalue weighted by molar-refractivity contribution is 0.316. The van der Waals surface area contributed by atoms with E-state index in [2.05, 4.69) is 35.2 Å². The Hall–Kier alpha value is -0.930. The van der Waals surface area contributed by atoms with E-state index >= 15 is 0 Å². The predicted octanol–water partition coefficient (Wildman–Crippen LogP) is 1.51. The largest absolute Gasteiger partial charge is 0.317 e. The van der Waals surface area contributed by atoms with Crippen LogP contribution in [0.4, 0.5) is 0 Å². The highest BCUT2D eigenvalue weighted by atomic mass is 15.1. The van der Waals surface area contributed by atoms with Gasteiger partial charge >= 0.3 is 0 Å². The van der Waals surface area contributed by atoms with Crippen LogP contribution < -0.4 is 5.32 Å². The molecule has 3 nitrogen and oxygen atoms in total. The Kier molecular flexibility index (Phi) is 5.97. The highest BCUT2D eigenvalue weighted by molar-refractivity contribution is 5.02. The fourth-order valence-corrected chi connectivity index (χ4v) is 1.50. The van der Waals surface area contributed by atoms with Crippen molar-refractivity contribution in [2.24, 2.45) is 0 Å². The topological polar surface area (TPSA) is 28.2 Å². The van der Waals surface area contributed by atoms with Gasteiger partial charge in [0.05, 0.1) is 5.69 Å². The summed E-state index contributed by atoms with van der Waals surface area (Å²) in [4.78, 5) is 6.61. The van der Waals surface area contributed by atoms with Gasteiger partial charge in [0.15, 0.2) is 0 Å². The molecule has 84 valence electrons.